The molecule has 0 aromatic carbocycles. The number of rotatable bonds is 4. The van der Waals surface area contributed by atoms with Gasteiger partial charge >= 0.3 is 0 Å². The van der Waals surface area contributed by atoms with E-state index >= 15 is 0 Å². The van der Waals surface area contributed by atoms with Crippen LogP contribution in [0.25, 0.3) is 0 Å². The molecule has 0 bridgehead atoms. The maximum atomic E-state index is 5.00. The van der Waals surface area contributed by atoms with Crippen molar-refractivity contribution in [2.24, 2.45) is 0 Å². The lowest BCUT2D eigenvalue weighted by molar-refractivity contribution is 0.322. The molecule has 88 valence electrons. The maximum absolute atomic E-state index is 5.00. The van der Waals surface area contributed by atoms with E-state index in [9.17, 15) is 0 Å². The molecule has 5 heteroatoms. The van der Waals surface area contributed by atoms with Gasteiger partial charge in [-0.3, -0.25) is 0 Å². The van der Waals surface area contributed by atoms with Gasteiger partial charge in [0, 0.05) is 12.6 Å². The second kappa shape index (κ2) is 5.12. The van der Waals surface area contributed by atoms with E-state index in [2.05, 4.69) is 27.2 Å². The zero-order chi connectivity index (χ0) is 11.4. The average Bonchev–Trinajstić information content (AvgIpc) is 2.73. The van der Waals surface area contributed by atoms with Gasteiger partial charge in [0.25, 0.3) is 0 Å². The molecule has 0 amide bonds. The van der Waals surface area contributed by atoms with Crippen LogP contribution in [0.5, 0.6) is 5.75 Å². The second-order valence-corrected chi connectivity index (χ2v) is 4.10. The topological polar surface area (TPSA) is 50.3 Å². The zero-order valence-corrected chi connectivity index (χ0v) is 9.81. The SMILES string of the molecule is COc1cnc(NCC2CCCN2C)nc1. The Morgan fingerprint density at radius 3 is 2.81 bits per heavy atom. The van der Waals surface area contributed by atoms with Crippen LogP contribution in [0.2, 0.25) is 0 Å². The highest BCUT2D eigenvalue weighted by atomic mass is 16.5. The summed E-state index contributed by atoms with van der Waals surface area (Å²) >= 11 is 0. The van der Waals surface area contributed by atoms with Crippen LogP contribution in [0.4, 0.5) is 5.95 Å². The summed E-state index contributed by atoms with van der Waals surface area (Å²) in [5, 5.41) is 3.25. The number of hydrogen-bond donors (Lipinski definition) is 1. The van der Waals surface area contributed by atoms with Gasteiger partial charge in [0.2, 0.25) is 5.95 Å². The van der Waals surface area contributed by atoms with E-state index in [0.29, 0.717) is 17.7 Å². The van der Waals surface area contributed by atoms with Crippen LogP contribution >= 0.6 is 0 Å². The minimum atomic E-state index is 0.603. The van der Waals surface area contributed by atoms with Crippen molar-refractivity contribution in [3.63, 3.8) is 0 Å². The number of ether oxygens (including phenoxy) is 1. The first-order valence-electron chi connectivity index (χ1n) is 5.60. The van der Waals surface area contributed by atoms with E-state index in [1.165, 1.54) is 19.4 Å². The Bertz CT molecular complexity index is 327. The first-order chi connectivity index (χ1) is 7.79. The van der Waals surface area contributed by atoms with Crippen molar-refractivity contribution in [3.8, 4) is 5.75 Å². The Hall–Kier alpha value is -1.36. The largest absolute Gasteiger partial charge is 0.494 e. The van der Waals surface area contributed by atoms with Gasteiger partial charge in [-0.25, -0.2) is 9.97 Å². The van der Waals surface area contributed by atoms with E-state index in [0.717, 1.165) is 6.54 Å². The van der Waals surface area contributed by atoms with E-state index in [1.807, 2.05) is 0 Å². The van der Waals surface area contributed by atoms with Crippen molar-refractivity contribution < 1.29 is 4.74 Å². The van der Waals surface area contributed by atoms with Crippen LogP contribution < -0.4 is 10.1 Å². The van der Waals surface area contributed by atoms with Gasteiger partial charge in [0.1, 0.15) is 0 Å². The minimum Gasteiger partial charge on any atom is -0.494 e. The Morgan fingerprint density at radius 1 is 1.50 bits per heavy atom. The molecule has 0 spiro atoms. The first-order valence-corrected chi connectivity index (χ1v) is 5.60. The highest BCUT2D eigenvalue weighted by Crippen LogP contribution is 2.15. The molecule has 5 nitrogen and oxygen atoms in total. The molecule has 1 unspecified atom stereocenters. The molecule has 0 saturated carbocycles. The monoisotopic (exact) mass is 222 g/mol. The molecule has 1 saturated heterocycles. The molecule has 1 N–H and O–H groups in total. The third-order valence-electron chi connectivity index (χ3n) is 3.03. The summed E-state index contributed by atoms with van der Waals surface area (Å²) < 4.78 is 5.00. The number of likely N-dealkylation sites (N-methyl/N-ethyl adjacent to an activating group) is 1. The number of anilines is 1. The Balaban J connectivity index is 1.84. The minimum absolute atomic E-state index is 0.603. The number of likely N-dealkylation sites (tertiary alicyclic amines) is 1. The van der Waals surface area contributed by atoms with Crippen molar-refractivity contribution in [2.75, 3.05) is 32.6 Å². The molecule has 2 rings (SSSR count). The van der Waals surface area contributed by atoms with Gasteiger partial charge in [0.05, 0.1) is 19.5 Å². The van der Waals surface area contributed by atoms with Crippen molar-refractivity contribution in [3.05, 3.63) is 12.4 Å². The van der Waals surface area contributed by atoms with Gasteiger partial charge in [0.15, 0.2) is 5.75 Å². The standard InChI is InChI=1S/C11H18N4O/c1-15-5-3-4-9(15)6-12-11-13-7-10(16-2)8-14-11/h7-9H,3-6H2,1-2H3,(H,12,13,14). The summed E-state index contributed by atoms with van der Waals surface area (Å²) in [4.78, 5) is 10.7. The van der Waals surface area contributed by atoms with E-state index < -0.39 is 0 Å². The van der Waals surface area contributed by atoms with Gasteiger partial charge in [-0.05, 0) is 26.4 Å². The fourth-order valence-electron chi connectivity index (χ4n) is 1.96. The lowest BCUT2D eigenvalue weighted by Gasteiger charge is -2.19. The maximum Gasteiger partial charge on any atom is 0.222 e. The lowest BCUT2D eigenvalue weighted by Crippen LogP contribution is -2.31. The predicted octanol–water partition coefficient (Wildman–Crippen LogP) is 0.991. The normalized spacial score (nSPS) is 21.0. The van der Waals surface area contributed by atoms with Crippen LogP contribution in [0.15, 0.2) is 12.4 Å². The summed E-state index contributed by atoms with van der Waals surface area (Å²) in [5.41, 5.74) is 0. The molecule has 2 heterocycles. The fraction of sp³-hybridized carbons (Fsp3) is 0.636. The number of nitrogens with zero attached hydrogens (tertiary/aromatic N) is 3. The highest BCUT2D eigenvalue weighted by Gasteiger charge is 2.20. The van der Waals surface area contributed by atoms with Crippen molar-refractivity contribution in [1.82, 2.24) is 14.9 Å². The van der Waals surface area contributed by atoms with Gasteiger partial charge in [-0.15, -0.1) is 0 Å². The highest BCUT2D eigenvalue weighted by molar-refractivity contribution is 5.27. The number of methoxy groups -OCH3 is 1. The lowest BCUT2D eigenvalue weighted by atomic mass is 10.2. The summed E-state index contributed by atoms with van der Waals surface area (Å²) in [6.45, 7) is 2.10. The molecular weight excluding hydrogens is 204 g/mol. The molecule has 1 aliphatic heterocycles. The van der Waals surface area contributed by atoms with E-state index in [4.69, 9.17) is 4.74 Å². The summed E-state index contributed by atoms with van der Waals surface area (Å²) in [6.07, 6.45) is 5.88. The van der Waals surface area contributed by atoms with Crippen LogP contribution in [0, 0.1) is 0 Å². The van der Waals surface area contributed by atoms with Crippen molar-refractivity contribution in [2.45, 2.75) is 18.9 Å². The smallest absolute Gasteiger partial charge is 0.222 e. The third-order valence-corrected chi connectivity index (χ3v) is 3.03. The van der Waals surface area contributed by atoms with Crippen LogP contribution in [0.1, 0.15) is 12.8 Å². The molecule has 16 heavy (non-hydrogen) atoms. The molecular formula is C11H18N4O. The zero-order valence-electron chi connectivity index (χ0n) is 9.81. The Morgan fingerprint density at radius 2 is 2.25 bits per heavy atom. The van der Waals surface area contributed by atoms with Crippen molar-refractivity contribution >= 4 is 5.95 Å². The number of aromatic nitrogens is 2. The first kappa shape index (κ1) is 11.1. The van der Waals surface area contributed by atoms with Gasteiger partial charge in [-0.2, -0.15) is 0 Å². The quantitative estimate of drug-likeness (QED) is 0.823. The summed E-state index contributed by atoms with van der Waals surface area (Å²) in [5.74, 6) is 1.35. The van der Waals surface area contributed by atoms with Crippen molar-refractivity contribution in [1.29, 1.82) is 0 Å². The summed E-state index contributed by atoms with van der Waals surface area (Å²) in [7, 11) is 3.77. The molecule has 1 aliphatic rings. The molecule has 1 aromatic heterocycles. The molecule has 0 radical (unpaired) electrons. The number of nitrogens with one attached hydrogen (secondary N) is 1. The molecule has 1 fully saturated rings. The Kier molecular flexibility index (Phi) is 3.56. The Labute approximate surface area is 95.8 Å². The van der Waals surface area contributed by atoms with E-state index in [-0.39, 0.29) is 0 Å². The van der Waals surface area contributed by atoms with Gasteiger partial charge in [-0.1, -0.05) is 0 Å². The van der Waals surface area contributed by atoms with Crippen LogP contribution in [-0.2, 0) is 0 Å². The predicted molar refractivity (Wildman–Crippen MR) is 62.7 cm³/mol. The molecule has 0 aliphatic carbocycles. The van der Waals surface area contributed by atoms with Crippen LogP contribution in [0.3, 0.4) is 0 Å². The van der Waals surface area contributed by atoms with Crippen LogP contribution in [-0.4, -0.2) is 48.2 Å². The second-order valence-electron chi connectivity index (χ2n) is 4.10. The number of hydrogen-bond acceptors (Lipinski definition) is 5. The third kappa shape index (κ3) is 2.61. The van der Waals surface area contributed by atoms with E-state index in [1.54, 1.807) is 19.5 Å². The summed E-state index contributed by atoms with van der Waals surface area (Å²) in [6, 6.07) is 0.603. The average molecular weight is 222 g/mol. The fourth-order valence-corrected chi connectivity index (χ4v) is 1.96. The molecule has 1 atom stereocenters. The molecule has 1 aromatic rings. The van der Waals surface area contributed by atoms with Gasteiger partial charge < -0.3 is 15.0 Å².